The summed E-state index contributed by atoms with van der Waals surface area (Å²) in [5.41, 5.74) is 8.71. The summed E-state index contributed by atoms with van der Waals surface area (Å²) in [7, 11) is 0. The van der Waals surface area contributed by atoms with Crippen LogP contribution in [0.1, 0.15) is 22.0 Å². The van der Waals surface area contributed by atoms with Gasteiger partial charge in [-0.2, -0.15) is 0 Å². The molecule has 0 radical (unpaired) electrons. The van der Waals surface area contributed by atoms with Gasteiger partial charge in [0.25, 0.3) is 0 Å². The second-order valence-corrected chi connectivity index (χ2v) is 5.71. The Labute approximate surface area is 107 Å². The van der Waals surface area contributed by atoms with Crippen LogP contribution in [0.15, 0.2) is 35.7 Å². The van der Waals surface area contributed by atoms with E-state index < -0.39 is 0 Å². The highest BCUT2D eigenvalue weighted by Gasteiger charge is 2.14. The zero-order valence-corrected chi connectivity index (χ0v) is 11.4. The van der Waals surface area contributed by atoms with E-state index in [1.54, 1.807) is 11.3 Å². The Balaban J connectivity index is 2.41. The van der Waals surface area contributed by atoms with E-state index in [9.17, 15) is 0 Å². The van der Waals surface area contributed by atoms with E-state index in [1.165, 1.54) is 19.6 Å². The summed E-state index contributed by atoms with van der Waals surface area (Å²) in [4.78, 5) is 1.31. The molecule has 15 heavy (non-hydrogen) atoms. The maximum atomic E-state index is 6.26. The van der Waals surface area contributed by atoms with Gasteiger partial charge in [-0.1, -0.05) is 18.2 Å². The molecule has 2 rings (SSSR count). The molecule has 0 aliphatic heterocycles. The minimum Gasteiger partial charge on any atom is -0.320 e. The molecule has 0 aliphatic carbocycles. The van der Waals surface area contributed by atoms with Crippen LogP contribution < -0.4 is 5.73 Å². The highest BCUT2D eigenvalue weighted by atomic mass is 127. The van der Waals surface area contributed by atoms with Crippen LogP contribution in [0, 0.1) is 10.5 Å². The van der Waals surface area contributed by atoms with Crippen molar-refractivity contribution in [3.8, 4) is 0 Å². The molecular formula is C12H12INS. The maximum absolute atomic E-state index is 6.26. The highest BCUT2D eigenvalue weighted by Crippen LogP contribution is 2.28. The van der Waals surface area contributed by atoms with Gasteiger partial charge in [0.1, 0.15) is 0 Å². The van der Waals surface area contributed by atoms with Gasteiger partial charge in [0.05, 0.1) is 6.04 Å². The summed E-state index contributed by atoms with van der Waals surface area (Å²) >= 11 is 4.09. The zero-order chi connectivity index (χ0) is 10.8. The van der Waals surface area contributed by atoms with Crippen LogP contribution in [-0.4, -0.2) is 0 Å². The molecule has 1 atom stereocenters. The van der Waals surface area contributed by atoms with E-state index in [-0.39, 0.29) is 6.04 Å². The fourth-order valence-corrected chi connectivity index (χ4v) is 3.09. The second kappa shape index (κ2) is 4.63. The quantitative estimate of drug-likeness (QED) is 0.835. The topological polar surface area (TPSA) is 26.0 Å². The molecule has 0 fully saturated rings. The third-order valence-corrected chi connectivity index (χ3v) is 4.32. The Morgan fingerprint density at radius 2 is 1.93 bits per heavy atom. The van der Waals surface area contributed by atoms with Gasteiger partial charge in [0.15, 0.2) is 0 Å². The van der Waals surface area contributed by atoms with Crippen molar-refractivity contribution in [2.24, 2.45) is 5.73 Å². The summed E-state index contributed by atoms with van der Waals surface area (Å²) in [5, 5.41) is 2.10. The van der Waals surface area contributed by atoms with Crippen LogP contribution in [0.5, 0.6) is 0 Å². The van der Waals surface area contributed by atoms with Gasteiger partial charge < -0.3 is 5.73 Å². The van der Waals surface area contributed by atoms with Crippen molar-refractivity contribution in [3.05, 3.63) is 55.3 Å². The molecule has 1 aromatic heterocycles. The molecular weight excluding hydrogens is 317 g/mol. The Bertz CT molecular complexity index is 464. The summed E-state index contributed by atoms with van der Waals surface area (Å²) in [5.74, 6) is 0. The van der Waals surface area contributed by atoms with E-state index in [0.717, 1.165) is 0 Å². The van der Waals surface area contributed by atoms with Gasteiger partial charge in [0.2, 0.25) is 0 Å². The molecule has 0 spiro atoms. The molecule has 0 aliphatic rings. The smallest absolute Gasteiger partial charge is 0.0573 e. The third kappa shape index (κ3) is 2.24. The van der Waals surface area contributed by atoms with Crippen molar-refractivity contribution >= 4 is 33.9 Å². The Morgan fingerprint density at radius 1 is 1.20 bits per heavy atom. The van der Waals surface area contributed by atoms with Crippen molar-refractivity contribution in [2.45, 2.75) is 13.0 Å². The molecule has 0 saturated heterocycles. The van der Waals surface area contributed by atoms with E-state index in [1.807, 2.05) is 12.1 Å². The molecule has 1 heterocycles. The van der Waals surface area contributed by atoms with E-state index >= 15 is 0 Å². The van der Waals surface area contributed by atoms with Crippen molar-refractivity contribution in [2.75, 3.05) is 0 Å². The first kappa shape index (κ1) is 11.1. The minimum atomic E-state index is 0.00403. The molecule has 0 saturated carbocycles. The first-order valence-corrected chi connectivity index (χ1v) is 6.70. The number of benzene rings is 1. The van der Waals surface area contributed by atoms with Crippen molar-refractivity contribution in [1.82, 2.24) is 0 Å². The van der Waals surface area contributed by atoms with Crippen LogP contribution in [0.2, 0.25) is 0 Å². The number of hydrogen-bond donors (Lipinski definition) is 1. The normalized spacial score (nSPS) is 12.7. The standard InChI is InChI=1S/C12H12INS/c1-8-9(6-7-15-8)12(14)10-4-2-3-5-11(10)13/h2-7,12H,14H2,1H3. The molecule has 1 unspecified atom stereocenters. The average Bonchev–Trinajstić information content (AvgIpc) is 2.64. The lowest BCUT2D eigenvalue weighted by molar-refractivity contribution is 0.863. The predicted molar refractivity (Wildman–Crippen MR) is 74.2 cm³/mol. The lowest BCUT2D eigenvalue weighted by Crippen LogP contribution is -2.13. The van der Waals surface area contributed by atoms with Crippen LogP contribution >= 0.6 is 33.9 Å². The largest absolute Gasteiger partial charge is 0.320 e. The summed E-state index contributed by atoms with van der Waals surface area (Å²) in [6, 6.07) is 10.4. The molecule has 1 aromatic carbocycles. The van der Waals surface area contributed by atoms with Crippen molar-refractivity contribution < 1.29 is 0 Å². The molecule has 78 valence electrons. The minimum absolute atomic E-state index is 0.00403. The van der Waals surface area contributed by atoms with Crippen LogP contribution in [0.3, 0.4) is 0 Å². The number of nitrogens with two attached hydrogens (primary N) is 1. The van der Waals surface area contributed by atoms with Gasteiger partial charge in [-0.3, -0.25) is 0 Å². The predicted octanol–water partition coefficient (Wildman–Crippen LogP) is 3.71. The fraction of sp³-hybridized carbons (Fsp3) is 0.167. The molecule has 1 nitrogen and oxygen atoms in total. The molecule has 2 aromatic rings. The fourth-order valence-electron chi connectivity index (χ4n) is 1.61. The molecule has 0 amide bonds. The van der Waals surface area contributed by atoms with Crippen molar-refractivity contribution in [1.29, 1.82) is 0 Å². The maximum Gasteiger partial charge on any atom is 0.0573 e. The zero-order valence-electron chi connectivity index (χ0n) is 8.41. The Morgan fingerprint density at radius 3 is 2.53 bits per heavy atom. The van der Waals surface area contributed by atoms with E-state index in [2.05, 4.69) is 53.1 Å². The SMILES string of the molecule is Cc1sccc1C(N)c1ccccc1I. The van der Waals surface area contributed by atoms with Gasteiger partial charge in [0, 0.05) is 8.45 Å². The number of thiophene rings is 1. The lowest BCUT2D eigenvalue weighted by Gasteiger charge is -2.13. The van der Waals surface area contributed by atoms with Crippen LogP contribution in [0.25, 0.3) is 0 Å². The van der Waals surface area contributed by atoms with E-state index in [0.29, 0.717) is 0 Å². The first-order chi connectivity index (χ1) is 7.20. The number of rotatable bonds is 2. The number of hydrogen-bond acceptors (Lipinski definition) is 2. The van der Waals surface area contributed by atoms with Crippen LogP contribution in [0.4, 0.5) is 0 Å². The Kier molecular flexibility index (Phi) is 3.43. The van der Waals surface area contributed by atoms with Gasteiger partial charge in [-0.05, 0) is 58.2 Å². The molecule has 3 heteroatoms. The molecule has 2 N–H and O–H groups in total. The second-order valence-electron chi connectivity index (χ2n) is 3.43. The number of halogens is 1. The first-order valence-electron chi connectivity index (χ1n) is 4.74. The van der Waals surface area contributed by atoms with Crippen molar-refractivity contribution in [3.63, 3.8) is 0 Å². The van der Waals surface area contributed by atoms with Gasteiger partial charge >= 0.3 is 0 Å². The van der Waals surface area contributed by atoms with Gasteiger partial charge in [-0.15, -0.1) is 11.3 Å². The Hall–Kier alpha value is -0.390. The van der Waals surface area contributed by atoms with Gasteiger partial charge in [-0.25, -0.2) is 0 Å². The monoisotopic (exact) mass is 329 g/mol. The third-order valence-electron chi connectivity index (χ3n) is 2.47. The highest BCUT2D eigenvalue weighted by molar-refractivity contribution is 14.1. The van der Waals surface area contributed by atoms with E-state index in [4.69, 9.17) is 5.73 Å². The summed E-state index contributed by atoms with van der Waals surface area (Å²) < 4.78 is 1.23. The van der Waals surface area contributed by atoms with Crippen LogP contribution in [-0.2, 0) is 0 Å². The summed E-state index contributed by atoms with van der Waals surface area (Å²) in [6.07, 6.45) is 0. The summed E-state index contributed by atoms with van der Waals surface area (Å²) in [6.45, 7) is 2.12. The number of aryl methyl sites for hydroxylation is 1. The lowest BCUT2D eigenvalue weighted by atomic mass is 10.0. The molecule has 0 bridgehead atoms. The average molecular weight is 329 g/mol.